The number of nitrogens with one attached hydrogen (secondary N) is 2. The Morgan fingerprint density at radius 1 is 1.00 bits per heavy atom. The van der Waals surface area contributed by atoms with Gasteiger partial charge in [0.1, 0.15) is 11.3 Å². The van der Waals surface area contributed by atoms with Crippen LogP contribution in [0.4, 0.5) is 17.2 Å². The minimum absolute atomic E-state index is 0.141. The zero-order valence-corrected chi connectivity index (χ0v) is 16.4. The van der Waals surface area contributed by atoms with E-state index in [0.29, 0.717) is 34.4 Å². The van der Waals surface area contributed by atoms with Crippen molar-refractivity contribution in [2.45, 2.75) is 6.54 Å². The van der Waals surface area contributed by atoms with E-state index in [-0.39, 0.29) is 5.75 Å². The van der Waals surface area contributed by atoms with Crippen LogP contribution in [0.25, 0.3) is 16.6 Å². The molecule has 3 heterocycles. The number of nitrogens with zero attached hydrogens (tertiary/aromatic N) is 5. The van der Waals surface area contributed by atoms with Gasteiger partial charge in [0, 0.05) is 28.0 Å². The number of phenolic OH excluding ortho intramolecular Hbond substituents is 1. The predicted octanol–water partition coefficient (Wildman–Crippen LogP) is 4.39. The Kier molecular flexibility index (Phi) is 4.53. The summed E-state index contributed by atoms with van der Waals surface area (Å²) in [6, 6.07) is 18.3. The number of benzene rings is 2. The number of halogens is 1. The summed E-state index contributed by atoms with van der Waals surface area (Å²) in [5.41, 5.74) is 2.85. The number of rotatable bonds is 5. The van der Waals surface area contributed by atoms with Gasteiger partial charge in [-0.1, -0.05) is 17.7 Å². The van der Waals surface area contributed by atoms with E-state index in [1.807, 2.05) is 54.6 Å². The van der Waals surface area contributed by atoms with Crippen LogP contribution in [0.5, 0.6) is 5.75 Å². The Hall–Kier alpha value is -3.91. The van der Waals surface area contributed by atoms with Crippen LogP contribution in [0, 0.1) is 0 Å². The van der Waals surface area contributed by atoms with Gasteiger partial charge in [0.15, 0.2) is 17.3 Å². The molecule has 0 aliphatic carbocycles. The number of phenols is 1. The molecule has 0 saturated carbocycles. The maximum atomic E-state index is 10.0. The van der Waals surface area contributed by atoms with E-state index in [2.05, 4.69) is 30.9 Å². The van der Waals surface area contributed by atoms with E-state index in [0.717, 1.165) is 16.8 Å². The second-order valence-electron chi connectivity index (χ2n) is 6.63. The van der Waals surface area contributed by atoms with Crippen LogP contribution in [0.15, 0.2) is 66.9 Å². The third kappa shape index (κ3) is 3.44. The molecule has 0 radical (unpaired) electrons. The van der Waals surface area contributed by atoms with E-state index >= 15 is 0 Å². The Labute approximate surface area is 176 Å². The summed E-state index contributed by atoms with van der Waals surface area (Å²) in [6.45, 7) is 0.392. The fourth-order valence-electron chi connectivity index (χ4n) is 3.21. The highest BCUT2D eigenvalue weighted by atomic mass is 35.5. The lowest BCUT2D eigenvalue weighted by molar-refractivity contribution is 0.480. The van der Waals surface area contributed by atoms with Crippen molar-refractivity contribution in [1.82, 2.24) is 24.8 Å². The molecule has 0 spiro atoms. The van der Waals surface area contributed by atoms with E-state index in [1.165, 1.54) is 0 Å². The molecule has 0 aliphatic rings. The van der Waals surface area contributed by atoms with Gasteiger partial charge in [-0.3, -0.25) is 4.98 Å². The van der Waals surface area contributed by atoms with Gasteiger partial charge in [-0.2, -0.15) is 4.52 Å². The van der Waals surface area contributed by atoms with Crippen LogP contribution in [-0.2, 0) is 6.54 Å². The van der Waals surface area contributed by atoms with E-state index in [4.69, 9.17) is 11.6 Å². The first-order valence-electron chi connectivity index (χ1n) is 9.22. The quantitative estimate of drug-likeness (QED) is 0.365. The normalized spacial score (nSPS) is 11.1. The SMILES string of the molecule is Oc1ccc(NCc2nnc3ccc(Nc4cccc(Cl)c4)nn23)c2cccnc12. The van der Waals surface area contributed by atoms with Crippen molar-refractivity contribution in [3.8, 4) is 5.75 Å². The van der Waals surface area contributed by atoms with Gasteiger partial charge in [-0.15, -0.1) is 15.3 Å². The number of aromatic hydroxyl groups is 1. The molecule has 0 bridgehead atoms. The number of hydrogen-bond donors (Lipinski definition) is 3. The molecule has 8 nitrogen and oxygen atoms in total. The molecule has 5 aromatic rings. The summed E-state index contributed by atoms with van der Waals surface area (Å²) in [6.07, 6.45) is 1.65. The average Bonchev–Trinajstić information content (AvgIpc) is 3.16. The van der Waals surface area contributed by atoms with E-state index < -0.39 is 0 Å². The summed E-state index contributed by atoms with van der Waals surface area (Å²) in [4.78, 5) is 4.24. The molecule has 2 aromatic carbocycles. The number of pyridine rings is 1. The molecule has 0 amide bonds. The molecule has 3 N–H and O–H groups in total. The molecule has 0 aliphatic heterocycles. The third-order valence-corrected chi connectivity index (χ3v) is 4.84. The molecular formula is C21H16ClN7O. The molecule has 0 saturated heterocycles. The van der Waals surface area contributed by atoms with Crippen molar-refractivity contribution in [1.29, 1.82) is 0 Å². The molecule has 0 fully saturated rings. The maximum absolute atomic E-state index is 10.0. The Morgan fingerprint density at radius 2 is 1.93 bits per heavy atom. The minimum atomic E-state index is 0.141. The van der Waals surface area contributed by atoms with Crippen molar-refractivity contribution < 1.29 is 5.11 Å². The van der Waals surface area contributed by atoms with E-state index in [9.17, 15) is 5.11 Å². The highest BCUT2D eigenvalue weighted by molar-refractivity contribution is 6.30. The van der Waals surface area contributed by atoms with Crippen molar-refractivity contribution >= 4 is 45.3 Å². The van der Waals surface area contributed by atoms with Gasteiger partial charge >= 0.3 is 0 Å². The molecule has 0 unspecified atom stereocenters. The molecule has 9 heteroatoms. The fourth-order valence-corrected chi connectivity index (χ4v) is 3.40. The first-order chi connectivity index (χ1) is 14.7. The molecule has 0 atom stereocenters. The van der Waals surface area contributed by atoms with E-state index in [1.54, 1.807) is 16.8 Å². The molecule has 30 heavy (non-hydrogen) atoms. The standard InChI is InChI=1S/C21H16ClN7O/c22-13-3-1-4-14(11-13)25-18-8-9-19-26-27-20(29(19)28-18)12-24-16-6-7-17(30)21-15(16)5-2-10-23-21/h1-11,24,30H,12H2,(H,25,28). The van der Waals surface area contributed by atoms with Gasteiger partial charge in [-0.05, 0) is 54.6 Å². The lowest BCUT2D eigenvalue weighted by Crippen LogP contribution is -2.07. The highest BCUT2D eigenvalue weighted by Gasteiger charge is 2.10. The average molecular weight is 418 g/mol. The second-order valence-corrected chi connectivity index (χ2v) is 7.06. The smallest absolute Gasteiger partial charge is 0.178 e. The van der Waals surface area contributed by atoms with Gasteiger partial charge in [0.25, 0.3) is 0 Å². The van der Waals surface area contributed by atoms with Crippen LogP contribution >= 0.6 is 11.6 Å². The van der Waals surface area contributed by atoms with Gasteiger partial charge in [0.05, 0.1) is 6.54 Å². The third-order valence-electron chi connectivity index (χ3n) is 4.61. The van der Waals surface area contributed by atoms with Crippen molar-refractivity contribution in [2.75, 3.05) is 10.6 Å². The molecule has 148 valence electrons. The Morgan fingerprint density at radius 3 is 2.83 bits per heavy atom. The second kappa shape index (κ2) is 7.49. The molecular weight excluding hydrogens is 402 g/mol. The van der Waals surface area contributed by atoms with Crippen LogP contribution in [0.1, 0.15) is 5.82 Å². The van der Waals surface area contributed by atoms with Crippen molar-refractivity contribution in [3.05, 3.63) is 77.7 Å². The number of anilines is 3. The molecule has 3 aromatic heterocycles. The van der Waals surface area contributed by atoms with Gasteiger partial charge in [0.2, 0.25) is 0 Å². The predicted molar refractivity (Wildman–Crippen MR) is 116 cm³/mol. The monoisotopic (exact) mass is 417 g/mol. The summed E-state index contributed by atoms with van der Waals surface area (Å²) in [5.74, 6) is 1.43. The first-order valence-corrected chi connectivity index (χ1v) is 9.60. The number of aromatic nitrogens is 5. The summed E-state index contributed by atoms with van der Waals surface area (Å²) < 4.78 is 1.68. The largest absolute Gasteiger partial charge is 0.506 e. The lowest BCUT2D eigenvalue weighted by Gasteiger charge is -2.10. The first kappa shape index (κ1) is 18.1. The number of hydrogen-bond acceptors (Lipinski definition) is 7. The van der Waals surface area contributed by atoms with Gasteiger partial charge in [-0.25, -0.2) is 0 Å². The maximum Gasteiger partial charge on any atom is 0.178 e. The fraction of sp³-hybridized carbons (Fsp3) is 0.0476. The number of fused-ring (bicyclic) bond motifs is 2. The van der Waals surface area contributed by atoms with Crippen LogP contribution in [-0.4, -0.2) is 29.9 Å². The Bertz CT molecular complexity index is 1370. The van der Waals surface area contributed by atoms with Crippen LogP contribution in [0.2, 0.25) is 5.02 Å². The van der Waals surface area contributed by atoms with Crippen molar-refractivity contribution in [2.24, 2.45) is 0 Å². The zero-order chi connectivity index (χ0) is 20.5. The summed E-state index contributed by atoms with van der Waals surface area (Å²) in [5, 5.41) is 31.1. The van der Waals surface area contributed by atoms with Crippen LogP contribution in [0.3, 0.4) is 0 Å². The lowest BCUT2D eigenvalue weighted by atomic mass is 10.1. The topological polar surface area (TPSA) is 100 Å². The zero-order valence-electron chi connectivity index (χ0n) is 15.6. The van der Waals surface area contributed by atoms with Crippen molar-refractivity contribution in [3.63, 3.8) is 0 Å². The highest BCUT2D eigenvalue weighted by Crippen LogP contribution is 2.29. The summed E-state index contributed by atoms with van der Waals surface area (Å²) >= 11 is 6.05. The van der Waals surface area contributed by atoms with Gasteiger partial charge < -0.3 is 15.7 Å². The summed E-state index contributed by atoms with van der Waals surface area (Å²) in [7, 11) is 0. The van der Waals surface area contributed by atoms with Crippen LogP contribution < -0.4 is 10.6 Å². The minimum Gasteiger partial charge on any atom is -0.506 e. The molecule has 5 rings (SSSR count). The Balaban J connectivity index is 1.42.